The van der Waals surface area contributed by atoms with Gasteiger partial charge < -0.3 is 5.32 Å². The normalized spacial score (nSPS) is 17.4. The third kappa shape index (κ3) is 3.63. The average molecular weight is 225 g/mol. The molecule has 1 nitrogen and oxygen atoms in total. The fourth-order valence-corrected chi connectivity index (χ4v) is 1.73. The van der Waals surface area contributed by atoms with E-state index in [0.717, 1.165) is 12.2 Å². The van der Waals surface area contributed by atoms with E-state index in [1.165, 1.54) is 5.56 Å². The van der Waals surface area contributed by atoms with Crippen molar-refractivity contribution in [3.8, 4) is 0 Å². The van der Waals surface area contributed by atoms with Crippen LogP contribution in [0.3, 0.4) is 0 Å². The van der Waals surface area contributed by atoms with E-state index in [9.17, 15) is 0 Å². The van der Waals surface area contributed by atoms with Crippen LogP contribution in [0.2, 0.25) is 0 Å². The van der Waals surface area contributed by atoms with Crippen molar-refractivity contribution in [3.05, 3.63) is 72.0 Å². The fourth-order valence-electron chi connectivity index (χ4n) is 1.73. The molecule has 1 aromatic carbocycles. The Bertz CT molecular complexity index is 450. The molecule has 1 heteroatoms. The van der Waals surface area contributed by atoms with Crippen LogP contribution >= 0.6 is 0 Å². The molecule has 17 heavy (non-hydrogen) atoms. The molecule has 0 fully saturated rings. The summed E-state index contributed by atoms with van der Waals surface area (Å²) in [5.74, 6) is 0. The van der Waals surface area contributed by atoms with Gasteiger partial charge in [0.05, 0.1) is 0 Å². The van der Waals surface area contributed by atoms with Crippen LogP contribution in [0.5, 0.6) is 0 Å². The molecule has 1 N–H and O–H groups in total. The van der Waals surface area contributed by atoms with Gasteiger partial charge in [0, 0.05) is 17.7 Å². The summed E-state index contributed by atoms with van der Waals surface area (Å²) in [5, 5.41) is 3.44. The molecule has 0 spiro atoms. The van der Waals surface area contributed by atoms with Crippen LogP contribution in [0.15, 0.2) is 66.4 Å². The fraction of sp³-hybridized carbons (Fsp3) is 0.250. The number of hydrogen-bond acceptors (Lipinski definition) is 1. The number of allylic oxidation sites excluding steroid dienone is 5. The van der Waals surface area contributed by atoms with Gasteiger partial charge in [-0.1, -0.05) is 62.4 Å². The van der Waals surface area contributed by atoms with Crippen molar-refractivity contribution in [2.75, 3.05) is 0 Å². The molecule has 2 rings (SSSR count). The van der Waals surface area contributed by atoms with E-state index in [-0.39, 0.29) is 5.41 Å². The third-order valence-corrected chi connectivity index (χ3v) is 2.83. The smallest absolute Gasteiger partial charge is 0.0400 e. The van der Waals surface area contributed by atoms with Gasteiger partial charge in [0.15, 0.2) is 0 Å². The Labute approximate surface area is 104 Å². The van der Waals surface area contributed by atoms with Gasteiger partial charge in [-0.05, 0) is 17.7 Å². The Morgan fingerprint density at radius 3 is 2.59 bits per heavy atom. The van der Waals surface area contributed by atoms with Crippen LogP contribution in [0, 0.1) is 5.41 Å². The van der Waals surface area contributed by atoms with E-state index >= 15 is 0 Å². The molecule has 0 atom stereocenters. The summed E-state index contributed by atoms with van der Waals surface area (Å²) in [6.07, 6.45) is 10.8. The maximum absolute atomic E-state index is 3.44. The predicted molar refractivity (Wildman–Crippen MR) is 73.4 cm³/mol. The maximum atomic E-state index is 3.44. The van der Waals surface area contributed by atoms with Gasteiger partial charge in [0.2, 0.25) is 0 Å². The third-order valence-electron chi connectivity index (χ3n) is 2.83. The van der Waals surface area contributed by atoms with Gasteiger partial charge in [-0.15, -0.1) is 0 Å². The zero-order valence-corrected chi connectivity index (χ0v) is 10.5. The molecule has 0 saturated carbocycles. The minimum Gasteiger partial charge on any atom is -0.381 e. The Morgan fingerprint density at radius 2 is 1.82 bits per heavy atom. The molecular formula is C16H19N. The van der Waals surface area contributed by atoms with Crippen LogP contribution in [0.1, 0.15) is 19.4 Å². The van der Waals surface area contributed by atoms with E-state index in [1.807, 2.05) is 6.07 Å². The molecule has 0 radical (unpaired) electrons. The van der Waals surface area contributed by atoms with E-state index in [0.29, 0.717) is 0 Å². The van der Waals surface area contributed by atoms with Gasteiger partial charge in [0.1, 0.15) is 0 Å². The van der Waals surface area contributed by atoms with Crippen LogP contribution in [0.4, 0.5) is 0 Å². The highest BCUT2D eigenvalue weighted by atomic mass is 14.9. The van der Waals surface area contributed by atoms with Gasteiger partial charge >= 0.3 is 0 Å². The number of rotatable bonds is 3. The van der Waals surface area contributed by atoms with Crippen LogP contribution in [-0.2, 0) is 6.54 Å². The van der Waals surface area contributed by atoms with Crippen molar-refractivity contribution >= 4 is 0 Å². The summed E-state index contributed by atoms with van der Waals surface area (Å²) < 4.78 is 0. The van der Waals surface area contributed by atoms with Crippen molar-refractivity contribution in [2.24, 2.45) is 5.41 Å². The topological polar surface area (TPSA) is 12.0 Å². The van der Waals surface area contributed by atoms with E-state index < -0.39 is 0 Å². The maximum Gasteiger partial charge on any atom is 0.0400 e. The van der Waals surface area contributed by atoms with Crippen molar-refractivity contribution in [3.63, 3.8) is 0 Å². The van der Waals surface area contributed by atoms with Crippen molar-refractivity contribution in [1.82, 2.24) is 5.32 Å². The van der Waals surface area contributed by atoms with Crippen LogP contribution in [-0.4, -0.2) is 0 Å². The molecular weight excluding hydrogens is 206 g/mol. The highest BCUT2D eigenvalue weighted by Crippen LogP contribution is 2.21. The monoisotopic (exact) mass is 225 g/mol. The first-order valence-electron chi connectivity index (χ1n) is 6.02. The number of benzene rings is 1. The highest BCUT2D eigenvalue weighted by molar-refractivity contribution is 5.30. The molecule has 1 aliphatic carbocycles. The van der Waals surface area contributed by atoms with Crippen molar-refractivity contribution in [2.45, 2.75) is 20.4 Å². The molecule has 88 valence electrons. The largest absolute Gasteiger partial charge is 0.381 e. The predicted octanol–water partition coefficient (Wildman–Crippen LogP) is 3.81. The molecule has 0 aromatic heterocycles. The number of nitrogens with one attached hydrogen (secondary N) is 1. The van der Waals surface area contributed by atoms with E-state index in [2.05, 4.69) is 73.8 Å². The lowest BCUT2D eigenvalue weighted by molar-refractivity contribution is 0.626. The SMILES string of the molecule is CC1(C)C=CC=C(NCc2ccccc2)C=C1. The highest BCUT2D eigenvalue weighted by Gasteiger charge is 2.10. The molecule has 1 aromatic rings. The molecule has 0 unspecified atom stereocenters. The van der Waals surface area contributed by atoms with Gasteiger partial charge in [-0.2, -0.15) is 0 Å². The van der Waals surface area contributed by atoms with Gasteiger partial charge in [0.25, 0.3) is 0 Å². The summed E-state index contributed by atoms with van der Waals surface area (Å²) in [5.41, 5.74) is 2.61. The molecule has 1 aliphatic rings. The quantitative estimate of drug-likeness (QED) is 0.824. The first kappa shape index (κ1) is 11.7. The standard InChI is InChI=1S/C16H19N/c1-16(2)11-6-9-15(10-12-16)17-13-14-7-4-3-5-8-14/h3-12,17H,13H2,1-2H3. The summed E-state index contributed by atoms with van der Waals surface area (Å²) in [7, 11) is 0. The summed E-state index contributed by atoms with van der Waals surface area (Å²) in [6, 6.07) is 10.4. The van der Waals surface area contributed by atoms with Crippen LogP contribution in [0.25, 0.3) is 0 Å². The Balaban J connectivity index is 1.97. The lowest BCUT2D eigenvalue weighted by Crippen LogP contribution is -2.11. The lowest BCUT2D eigenvalue weighted by atomic mass is 9.93. The minimum atomic E-state index is 0.146. The van der Waals surface area contributed by atoms with Crippen molar-refractivity contribution < 1.29 is 0 Å². The Kier molecular flexibility index (Phi) is 3.48. The second-order valence-electron chi connectivity index (χ2n) is 4.97. The second-order valence-corrected chi connectivity index (χ2v) is 4.97. The van der Waals surface area contributed by atoms with Gasteiger partial charge in [-0.3, -0.25) is 0 Å². The Hall–Kier alpha value is -1.76. The molecule has 0 saturated heterocycles. The van der Waals surface area contributed by atoms with E-state index in [4.69, 9.17) is 0 Å². The first-order valence-corrected chi connectivity index (χ1v) is 6.02. The first-order chi connectivity index (χ1) is 8.16. The second kappa shape index (κ2) is 5.05. The van der Waals surface area contributed by atoms with Crippen LogP contribution < -0.4 is 5.32 Å². The zero-order chi connectivity index (χ0) is 12.1. The molecule has 0 amide bonds. The molecule has 0 aliphatic heterocycles. The van der Waals surface area contributed by atoms with E-state index in [1.54, 1.807) is 0 Å². The summed E-state index contributed by atoms with van der Waals surface area (Å²) in [6.45, 7) is 5.27. The van der Waals surface area contributed by atoms with Crippen molar-refractivity contribution in [1.29, 1.82) is 0 Å². The van der Waals surface area contributed by atoms with Gasteiger partial charge in [-0.25, -0.2) is 0 Å². The summed E-state index contributed by atoms with van der Waals surface area (Å²) >= 11 is 0. The Morgan fingerprint density at radius 1 is 1.06 bits per heavy atom. The minimum absolute atomic E-state index is 0.146. The number of hydrogen-bond donors (Lipinski definition) is 1. The molecule has 0 bridgehead atoms. The lowest BCUT2D eigenvalue weighted by Gasteiger charge is -2.12. The zero-order valence-electron chi connectivity index (χ0n) is 10.5. The summed E-state index contributed by atoms with van der Waals surface area (Å²) in [4.78, 5) is 0. The average Bonchev–Trinajstić information content (AvgIpc) is 2.49. The molecule has 0 heterocycles.